The lowest BCUT2D eigenvalue weighted by Gasteiger charge is -2.26. The summed E-state index contributed by atoms with van der Waals surface area (Å²) in [5, 5.41) is 12.2. The van der Waals surface area contributed by atoms with Gasteiger partial charge < -0.3 is 9.32 Å². The number of nitrogens with zero attached hydrogens (tertiary/aromatic N) is 1. The molecule has 0 aliphatic carbocycles. The van der Waals surface area contributed by atoms with E-state index in [2.05, 4.69) is 193 Å². The van der Waals surface area contributed by atoms with Crippen LogP contribution >= 0.6 is 0 Å². The molecular weight excluding hydrogens is 655 g/mol. The van der Waals surface area contributed by atoms with E-state index in [0.29, 0.717) is 0 Å². The largest absolute Gasteiger partial charge is 0.455 e. The lowest BCUT2D eigenvalue weighted by molar-refractivity contribution is 0.672. The van der Waals surface area contributed by atoms with E-state index < -0.39 is 0 Å². The second kappa shape index (κ2) is 12.2. The zero-order valence-electron chi connectivity index (χ0n) is 29.4. The Balaban J connectivity index is 1.07. The highest BCUT2D eigenvalue weighted by molar-refractivity contribution is 6.23. The van der Waals surface area contributed by atoms with Crippen LogP contribution in [0.2, 0.25) is 0 Å². The summed E-state index contributed by atoms with van der Waals surface area (Å²) < 4.78 is 6.51. The Morgan fingerprint density at radius 3 is 1.67 bits per heavy atom. The average Bonchev–Trinajstić information content (AvgIpc) is 3.63. The smallest absolute Gasteiger partial charge is 0.143 e. The summed E-state index contributed by atoms with van der Waals surface area (Å²) in [6.07, 6.45) is 0. The fourth-order valence-electron chi connectivity index (χ4n) is 8.42. The maximum atomic E-state index is 6.51. The molecule has 11 rings (SSSR count). The van der Waals surface area contributed by atoms with Crippen LogP contribution in [0.5, 0.6) is 0 Å². The number of benzene rings is 10. The highest BCUT2D eigenvalue weighted by Gasteiger charge is 2.17. The van der Waals surface area contributed by atoms with Crippen molar-refractivity contribution in [1.82, 2.24) is 0 Å². The van der Waals surface area contributed by atoms with Gasteiger partial charge in [0.2, 0.25) is 0 Å². The summed E-state index contributed by atoms with van der Waals surface area (Å²) in [5.74, 6) is 0. The highest BCUT2D eigenvalue weighted by atomic mass is 16.3. The summed E-state index contributed by atoms with van der Waals surface area (Å²) in [7, 11) is 0. The molecule has 0 spiro atoms. The quantitative estimate of drug-likeness (QED) is 0.168. The third-order valence-electron chi connectivity index (χ3n) is 11.0. The molecule has 2 nitrogen and oxygen atoms in total. The third kappa shape index (κ3) is 4.88. The zero-order chi connectivity index (χ0) is 35.6. The SMILES string of the molecule is c1ccc(-c2ccc(N(c3ccc(-c4cc5ccc6ccccc6c5c5ccccc45)cc3)c3ccc4ccc5c6ccccc6oc5c4c3)cc2)cc1. The summed E-state index contributed by atoms with van der Waals surface area (Å²) in [6, 6.07) is 72.3. The molecule has 252 valence electrons. The number of anilines is 3. The van der Waals surface area contributed by atoms with Gasteiger partial charge in [-0.1, -0.05) is 146 Å². The molecule has 2 heteroatoms. The van der Waals surface area contributed by atoms with Crippen LogP contribution in [0.1, 0.15) is 0 Å². The minimum absolute atomic E-state index is 0.906. The number of hydrogen-bond acceptors (Lipinski definition) is 2. The standard InChI is InChI=1S/C52H33NO/c1-2-10-34(11-3-1)35-20-26-40(27-21-35)53(42-30-24-38-25-31-47-45-15-8-9-17-50(45)54-52(47)49(38)33-42)41-28-22-37(23-29-41)48-32-39-19-18-36-12-4-5-13-43(36)51(39)46-16-7-6-14-44(46)48/h1-33H. The van der Waals surface area contributed by atoms with E-state index in [-0.39, 0.29) is 0 Å². The van der Waals surface area contributed by atoms with Gasteiger partial charge >= 0.3 is 0 Å². The van der Waals surface area contributed by atoms with Crippen molar-refractivity contribution < 1.29 is 4.42 Å². The van der Waals surface area contributed by atoms with Crippen LogP contribution < -0.4 is 4.90 Å². The van der Waals surface area contributed by atoms with E-state index >= 15 is 0 Å². The number of rotatable bonds is 5. The average molecular weight is 688 g/mol. The molecule has 11 aromatic rings. The lowest BCUT2D eigenvalue weighted by Crippen LogP contribution is -2.09. The zero-order valence-corrected chi connectivity index (χ0v) is 29.4. The predicted molar refractivity (Wildman–Crippen MR) is 229 cm³/mol. The van der Waals surface area contributed by atoms with E-state index in [9.17, 15) is 0 Å². The first kappa shape index (κ1) is 30.5. The molecule has 0 saturated carbocycles. The van der Waals surface area contributed by atoms with Crippen molar-refractivity contribution in [1.29, 1.82) is 0 Å². The first-order chi connectivity index (χ1) is 26.8. The van der Waals surface area contributed by atoms with Gasteiger partial charge in [-0.25, -0.2) is 0 Å². The van der Waals surface area contributed by atoms with Crippen LogP contribution in [0, 0.1) is 0 Å². The first-order valence-electron chi connectivity index (χ1n) is 18.5. The van der Waals surface area contributed by atoms with E-state index in [1.807, 2.05) is 12.1 Å². The minimum atomic E-state index is 0.906. The monoisotopic (exact) mass is 687 g/mol. The Bertz CT molecular complexity index is 3190. The fourth-order valence-corrected chi connectivity index (χ4v) is 8.42. The summed E-state index contributed by atoms with van der Waals surface area (Å²) in [5.41, 5.74) is 9.87. The Morgan fingerprint density at radius 2 is 0.870 bits per heavy atom. The minimum Gasteiger partial charge on any atom is -0.455 e. The molecule has 0 amide bonds. The predicted octanol–water partition coefficient (Wildman–Crippen LogP) is 15.0. The molecule has 54 heavy (non-hydrogen) atoms. The van der Waals surface area contributed by atoms with Gasteiger partial charge in [0.05, 0.1) is 0 Å². The van der Waals surface area contributed by atoms with Crippen molar-refractivity contribution in [3.63, 3.8) is 0 Å². The number of furan rings is 1. The van der Waals surface area contributed by atoms with E-state index in [1.165, 1.54) is 54.6 Å². The third-order valence-corrected chi connectivity index (χ3v) is 11.0. The van der Waals surface area contributed by atoms with Crippen molar-refractivity contribution in [2.45, 2.75) is 0 Å². The maximum absolute atomic E-state index is 6.51. The molecule has 10 aromatic carbocycles. The van der Waals surface area contributed by atoms with Crippen molar-refractivity contribution in [3.8, 4) is 22.3 Å². The Labute approximate surface area is 312 Å². The number of para-hydroxylation sites is 1. The molecule has 0 aliphatic rings. The van der Waals surface area contributed by atoms with E-state index in [0.717, 1.165) is 49.8 Å². The summed E-state index contributed by atoms with van der Waals surface area (Å²) in [4.78, 5) is 2.35. The normalized spacial score (nSPS) is 11.7. The topological polar surface area (TPSA) is 16.4 Å². The molecule has 0 unspecified atom stereocenters. The summed E-state index contributed by atoms with van der Waals surface area (Å²) >= 11 is 0. The first-order valence-corrected chi connectivity index (χ1v) is 18.5. The van der Waals surface area contributed by atoms with Crippen LogP contribution in [0.4, 0.5) is 17.1 Å². The second-order valence-corrected chi connectivity index (χ2v) is 14.1. The Kier molecular flexibility index (Phi) is 6.90. The van der Waals surface area contributed by atoms with Gasteiger partial charge in [0.15, 0.2) is 0 Å². The van der Waals surface area contributed by atoms with Crippen LogP contribution in [0.3, 0.4) is 0 Å². The molecule has 1 heterocycles. The molecule has 0 fully saturated rings. The molecule has 0 aliphatic heterocycles. The molecular formula is C52H33NO. The Hall–Kier alpha value is -7.16. The molecule has 1 aromatic heterocycles. The van der Waals surface area contributed by atoms with Crippen molar-refractivity contribution in [2.75, 3.05) is 4.90 Å². The van der Waals surface area contributed by atoms with Crippen LogP contribution in [-0.2, 0) is 0 Å². The van der Waals surface area contributed by atoms with Gasteiger partial charge in [0.25, 0.3) is 0 Å². The van der Waals surface area contributed by atoms with Gasteiger partial charge in [0.1, 0.15) is 11.2 Å². The fraction of sp³-hybridized carbons (Fsp3) is 0. The summed E-state index contributed by atoms with van der Waals surface area (Å²) in [6.45, 7) is 0. The van der Waals surface area contributed by atoms with Crippen LogP contribution in [0.25, 0.3) is 87.3 Å². The number of hydrogen-bond donors (Lipinski definition) is 0. The molecule has 0 saturated heterocycles. The van der Waals surface area contributed by atoms with Gasteiger partial charge in [0, 0.05) is 33.2 Å². The van der Waals surface area contributed by atoms with Gasteiger partial charge in [-0.15, -0.1) is 0 Å². The van der Waals surface area contributed by atoms with Crippen molar-refractivity contribution >= 4 is 82.1 Å². The Morgan fingerprint density at radius 1 is 0.315 bits per heavy atom. The molecule has 0 atom stereocenters. The van der Waals surface area contributed by atoms with Gasteiger partial charge in [-0.2, -0.15) is 0 Å². The number of fused-ring (bicyclic) bond motifs is 10. The maximum Gasteiger partial charge on any atom is 0.143 e. The van der Waals surface area contributed by atoms with E-state index in [4.69, 9.17) is 4.42 Å². The van der Waals surface area contributed by atoms with E-state index in [1.54, 1.807) is 0 Å². The molecule has 0 radical (unpaired) electrons. The van der Waals surface area contributed by atoms with Crippen LogP contribution in [-0.4, -0.2) is 0 Å². The lowest BCUT2D eigenvalue weighted by atomic mass is 9.90. The molecule has 0 bridgehead atoms. The highest BCUT2D eigenvalue weighted by Crippen LogP contribution is 2.42. The van der Waals surface area contributed by atoms with Crippen molar-refractivity contribution in [2.24, 2.45) is 0 Å². The molecule has 0 N–H and O–H groups in total. The van der Waals surface area contributed by atoms with Gasteiger partial charge in [-0.05, 0) is 115 Å². The van der Waals surface area contributed by atoms with Crippen LogP contribution in [0.15, 0.2) is 205 Å². The van der Waals surface area contributed by atoms with Crippen molar-refractivity contribution in [3.05, 3.63) is 200 Å². The van der Waals surface area contributed by atoms with Gasteiger partial charge in [-0.3, -0.25) is 0 Å². The second-order valence-electron chi connectivity index (χ2n) is 14.1.